The topological polar surface area (TPSA) is 30.5 Å². The molecule has 3 unspecified atom stereocenters. The molecule has 0 aromatic rings. The molecule has 1 rings (SSSR count). The van der Waals surface area contributed by atoms with Crippen molar-refractivity contribution in [1.29, 1.82) is 0 Å². The number of ether oxygens (including phenoxy) is 2. The first kappa shape index (κ1) is 14.9. The predicted octanol–water partition coefficient (Wildman–Crippen LogP) is 2.60. The van der Waals surface area contributed by atoms with Crippen LogP contribution in [0.2, 0.25) is 0 Å². The van der Waals surface area contributed by atoms with Crippen LogP contribution >= 0.6 is 0 Å². The Hall–Kier alpha value is -0.120. The number of hydrogen-bond acceptors (Lipinski definition) is 3. The Morgan fingerprint density at radius 2 is 2.06 bits per heavy atom. The summed E-state index contributed by atoms with van der Waals surface area (Å²) in [5, 5.41) is 3.40. The maximum atomic E-state index is 6.04. The fourth-order valence-electron chi connectivity index (χ4n) is 2.67. The van der Waals surface area contributed by atoms with Gasteiger partial charge < -0.3 is 14.8 Å². The molecule has 1 saturated carbocycles. The summed E-state index contributed by atoms with van der Waals surface area (Å²) in [6, 6.07) is 0.340. The Bertz CT molecular complexity index is 181. The fraction of sp³-hybridized carbons (Fsp3) is 1.00. The Kier molecular flexibility index (Phi) is 7.82. The number of nitrogens with one attached hydrogen (secondary N) is 1. The zero-order valence-corrected chi connectivity index (χ0v) is 11.7. The van der Waals surface area contributed by atoms with Crippen LogP contribution in [0.3, 0.4) is 0 Å². The van der Waals surface area contributed by atoms with Crippen LogP contribution in [0.5, 0.6) is 0 Å². The van der Waals surface area contributed by atoms with E-state index in [-0.39, 0.29) is 0 Å². The normalized spacial score (nSPS) is 27.0. The summed E-state index contributed by atoms with van der Waals surface area (Å²) in [6.45, 7) is 6.90. The lowest BCUT2D eigenvalue weighted by Crippen LogP contribution is -2.39. The SMILES string of the molecule is CCNC(COC)COC1CCCC(CC)C1. The molecule has 0 aromatic heterocycles. The Labute approximate surface area is 106 Å². The fourth-order valence-corrected chi connectivity index (χ4v) is 2.67. The maximum Gasteiger partial charge on any atom is 0.0645 e. The molecule has 0 spiro atoms. The molecule has 1 aliphatic carbocycles. The van der Waals surface area contributed by atoms with Gasteiger partial charge in [0.2, 0.25) is 0 Å². The third-order valence-corrected chi connectivity index (χ3v) is 3.71. The van der Waals surface area contributed by atoms with Crippen LogP contribution in [-0.2, 0) is 9.47 Å². The first-order valence-electron chi connectivity index (χ1n) is 7.14. The van der Waals surface area contributed by atoms with Crippen LogP contribution in [0.15, 0.2) is 0 Å². The number of hydrogen-bond donors (Lipinski definition) is 1. The van der Waals surface area contributed by atoms with Crippen molar-refractivity contribution in [3.8, 4) is 0 Å². The van der Waals surface area contributed by atoms with Gasteiger partial charge in [-0.05, 0) is 25.3 Å². The van der Waals surface area contributed by atoms with Gasteiger partial charge in [-0.3, -0.25) is 0 Å². The van der Waals surface area contributed by atoms with Gasteiger partial charge >= 0.3 is 0 Å². The molecule has 102 valence electrons. The van der Waals surface area contributed by atoms with Gasteiger partial charge in [0.15, 0.2) is 0 Å². The van der Waals surface area contributed by atoms with E-state index in [1.165, 1.54) is 32.1 Å². The Morgan fingerprint density at radius 3 is 2.71 bits per heavy atom. The van der Waals surface area contributed by atoms with E-state index < -0.39 is 0 Å². The summed E-state index contributed by atoms with van der Waals surface area (Å²) in [5.74, 6) is 0.883. The van der Waals surface area contributed by atoms with Crippen molar-refractivity contribution in [1.82, 2.24) is 5.32 Å². The molecular formula is C14H29NO2. The molecule has 3 heteroatoms. The van der Waals surface area contributed by atoms with E-state index in [1.54, 1.807) is 7.11 Å². The van der Waals surface area contributed by atoms with Crippen molar-refractivity contribution in [2.24, 2.45) is 5.92 Å². The van der Waals surface area contributed by atoms with Gasteiger partial charge in [-0.25, -0.2) is 0 Å². The summed E-state index contributed by atoms with van der Waals surface area (Å²) in [6.07, 6.45) is 7.00. The zero-order valence-electron chi connectivity index (χ0n) is 11.7. The van der Waals surface area contributed by atoms with Gasteiger partial charge in [-0.2, -0.15) is 0 Å². The van der Waals surface area contributed by atoms with Gasteiger partial charge in [0.25, 0.3) is 0 Å². The van der Waals surface area contributed by atoms with Crippen molar-refractivity contribution in [3.63, 3.8) is 0 Å². The van der Waals surface area contributed by atoms with Gasteiger partial charge in [-0.15, -0.1) is 0 Å². The first-order chi connectivity index (χ1) is 8.30. The second kappa shape index (κ2) is 8.90. The van der Waals surface area contributed by atoms with E-state index in [1.807, 2.05) is 0 Å². The third-order valence-electron chi connectivity index (χ3n) is 3.71. The summed E-state index contributed by atoms with van der Waals surface area (Å²) in [5.41, 5.74) is 0. The minimum atomic E-state index is 0.340. The van der Waals surface area contributed by atoms with Crippen molar-refractivity contribution in [2.45, 2.75) is 58.1 Å². The molecule has 0 aromatic carbocycles. The summed E-state index contributed by atoms with van der Waals surface area (Å²) < 4.78 is 11.2. The molecule has 0 radical (unpaired) electrons. The van der Waals surface area contributed by atoms with Crippen LogP contribution in [0, 0.1) is 5.92 Å². The van der Waals surface area contributed by atoms with Gasteiger partial charge in [-0.1, -0.05) is 33.1 Å². The van der Waals surface area contributed by atoms with Crippen LogP contribution in [0.1, 0.15) is 46.0 Å². The van der Waals surface area contributed by atoms with E-state index in [4.69, 9.17) is 9.47 Å². The van der Waals surface area contributed by atoms with E-state index >= 15 is 0 Å². The minimum absolute atomic E-state index is 0.340. The minimum Gasteiger partial charge on any atom is -0.383 e. The van der Waals surface area contributed by atoms with Crippen molar-refractivity contribution >= 4 is 0 Å². The largest absolute Gasteiger partial charge is 0.383 e. The number of likely N-dealkylation sites (N-methyl/N-ethyl adjacent to an activating group) is 1. The molecule has 17 heavy (non-hydrogen) atoms. The molecule has 0 amide bonds. The average Bonchev–Trinajstić information content (AvgIpc) is 2.37. The highest BCUT2D eigenvalue weighted by molar-refractivity contribution is 4.74. The summed E-state index contributed by atoms with van der Waals surface area (Å²) >= 11 is 0. The molecule has 0 aliphatic heterocycles. The van der Waals surface area contributed by atoms with Crippen LogP contribution < -0.4 is 5.32 Å². The van der Waals surface area contributed by atoms with Gasteiger partial charge in [0.1, 0.15) is 0 Å². The van der Waals surface area contributed by atoms with E-state index in [2.05, 4.69) is 19.2 Å². The number of rotatable bonds is 8. The van der Waals surface area contributed by atoms with Crippen LogP contribution in [-0.4, -0.2) is 39.0 Å². The zero-order chi connectivity index (χ0) is 12.5. The monoisotopic (exact) mass is 243 g/mol. The van der Waals surface area contributed by atoms with E-state index in [0.717, 1.165) is 25.7 Å². The molecule has 3 nitrogen and oxygen atoms in total. The lowest BCUT2D eigenvalue weighted by atomic mass is 9.85. The van der Waals surface area contributed by atoms with E-state index in [9.17, 15) is 0 Å². The van der Waals surface area contributed by atoms with Crippen molar-refractivity contribution < 1.29 is 9.47 Å². The quantitative estimate of drug-likeness (QED) is 0.711. The Morgan fingerprint density at radius 1 is 1.24 bits per heavy atom. The highest BCUT2D eigenvalue weighted by atomic mass is 16.5. The maximum absolute atomic E-state index is 6.04. The lowest BCUT2D eigenvalue weighted by molar-refractivity contribution is -0.00879. The molecule has 0 saturated heterocycles. The van der Waals surface area contributed by atoms with Crippen molar-refractivity contribution in [2.75, 3.05) is 26.9 Å². The Balaban J connectivity index is 2.22. The second-order valence-electron chi connectivity index (χ2n) is 5.11. The second-order valence-corrected chi connectivity index (χ2v) is 5.11. The van der Waals surface area contributed by atoms with Gasteiger partial charge in [0, 0.05) is 7.11 Å². The van der Waals surface area contributed by atoms with Crippen LogP contribution in [0.25, 0.3) is 0 Å². The molecule has 1 N–H and O–H groups in total. The first-order valence-corrected chi connectivity index (χ1v) is 7.14. The molecule has 0 bridgehead atoms. The molecule has 3 atom stereocenters. The van der Waals surface area contributed by atoms with Crippen LogP contribution in [0.4, 0.5) is 0 Å². The molecular weight excluding hydrogens is 214 g/mol. The summed E-state index contributed by atoms with van der Waals surface area (Å²) in [4.78, 5) is 0. The number of methoxy groups -OCH3 is 1. The van der Waals surface area contributed by atoms with E-state index in [0.29, 0.717) is 12.1 Å². The third kappa shape index (κ3) is 5.84. The molecule has 1 aliphatic rings. The van der Waals surface area contributed by atoms with Crippen molar-refractivity contribution in [3.05, 3.63) is 0 Å². The molecule has 1 fully saturated rings. The smallest absolute Gasteiger partial charge is 0.0645 e. The highest BCUT2D eigenvalue weighted by Gasteiger charge is 2.22. The standard InChI is InChI=1S/C14H29NO2/c1-4-12-7-6-8-14(9-12)17-11-13(10-16-3)15-5-2/h12-15H,4-11H2,1-3H3. The lowest BCUT2D eigenvalue weighted by Gasteiger charge is -2.30. The van der Waals surface area contributed by atoms with Gasteiger partial charge in [0.05, 0.1) is 25.4 Å². The predicted molar refractivity (Wildman–Crippen MR) is 71.3 cm³/mol. The summed E-state index contributed by atoms with van der Waals surface area (Å²) in [7, 11) is 1.75. The molecule has 0 heterocycles. The average molecular weight is 243 g/mol. The highest BCUT2D eigenvalue weighted by Crippen LogP contribution is 2.28.